The average molecular weight is 371 g/mol. The van der Waals surface area contributed by atoms with E-state index >= 15 is 0 Å². The zero-order chi connectivity index (χ0) is 19.0. The second-order valence-electron chi connectivity index (χ2n) is 6.03. The van der Waals surface area contributed by atoms with Crippen molar-refractivity contribution in [2.75, 3.05) is 26.1 Å². The molecule has 0 bridgehead atoms. The molecule has 1 aliphatic rings. The van der Waals surface area contributed by atoms with Crippen molar-refractivity contribution < 1.29 is 13.9 Å². The molecule has 1 aliphatic heterocycles. The molecule has 0 spiro atoms. The molecule has 0 saturated heterocycles. The van der Waals surface area contributed by atoms with Gasteiger partial charge in [-0.2, -0.15) is 10.1 Å². The molecule has 0 saturated carbocycles. The van der Waals surface area contributed by atoms with Crippen LogP contribution in [0.15, 0.2) is 41.3 Å². The molecule has 27 heavy (non-hydrogen) atoms. The Bertz CT molecular complexity index is 1080. The van der Waals surface area contributed by atoms with Crippen molar-refractivity contribution in [2.45, 2.75) is 12.8 Å². The van der Waals surface area contributed by atoms with E-state index in [9.17, 15) is 9.18 Å². The molecular formula is C18H18FN5O3. The number of anilines is 1. The van der Waals surface area contributed by atoms with Crippen LogP contribution < -0.4 is 10.9 Å². The van der Waals surface area contributed by atoms with Crippen LogP contribution in [-0.4, -0.2) is 46.4 Å². The molecule has 0 radical (unpaired) electrons. The lowest BCUT2D eigenvalue weighted by Crippen LogP contribution is -2.28. The zero-order valence-electron chi connectivity index (χ0n) is 14.8. The molecule has 0 atom stereocenters. The molecule has 0 unspecified atom stereocenters. The van der Waals surface area contributed by atoms with E-state index in [1.165, 1.54) is 32.5 Å². The fraction of sp³-hybridized carbons (Fsp3) is 0.278. The highest BCUT2D eigenvalue weighted by Crippen LogP contribution is 2.27. The van der Waals surface area contributed by atoms with Crippen molar-refractivity contribution in [1.29, 1.82) is 0 Å². The number of ether oxygens (including phenoxy) is 2. The minimum absolute atomic E-state index is 0.319. The molecule has 3 heterocycles. The van der Waals surface area contributed by atoms with E-state index in [4.69, 9.17) is 9.47 Å². The van der Waals surface area contributed by atoms with E-state index in [-0.39, 0.29) is 11.4 Å². The maximum Gasteiger partial charge on any atom is 0.285 e. The highest BCUT2D eigenvalue weighted by Gasteiger charge is 2.22. The number of hydrogen-bond acceptors (Lipinski definition) is 6. The van der Waals surface area contributed by atoms with Crippen molar-refractivity contribution in [2.24, 2.45) is 0 Å². The normalized spacial score (nSPS) is 13.3. The van der Waals surface area contributed by atoms with Gasteiger partial charge in [-0.25, -0.2) is 9.07 Å². The maximum atomic E-state index is 13.7. The summed E-state index contributed by atoms with van der Waals surface area (Å²) in [6.45, 7) is 0.772. The van der Waals surface area contributed by atoms with Crippen molar-refractivity contribution in [3.8, 4) is 0 Å². The molecule has 0 fully saturated rings. The van der Waals surface area contributed by atoms with Crippen LogP contribution in [0.3, 0.4) is 0 Å². The largest absolute Gasteiger partial charge is 0.354 e. The first-order valence-electron chi connectivity index (χ1n) is 8.37. The highest BCUT2D eigenvalue weighted by molar-refractivity contribution is 5.83. The van der Waals surface area contributed by atoms with Gasteiger partial charge in [0.05, 0.1) is 18.4 Å². The Morgan fingerprint density at radius 2 is 2.15 bits per heavy atom. The number of nitrogens with one attached hydrogen (secondary N) is 1. The molecule has 8 nitrogen and oxygen atoms in total. The van der Waals surface area contributed by atoms with Crippen molar-refractivity contribution in [1.82, 2.24) is 19.3 Å². The second kappa shape index (κ2) is 6.93. The smallest absolute Gasteiger partial charge is 0.285 e. The first-order chi connectivity index (χ1) is 13.1. The molecular weight excluding hydrogens is 353 g/mol. The summed E-state index contributed by atoms with van der Waals surface area (Å²) in [6, 6.07) is 6.27. The van der Waals surface area contributed by atoms with Gasteiger partial charge in [0.1, 0.15) is 11.2 Å². The van der Waals surface area contributed by atoms with Crippen LogP contribution in [0.5, 0.6) is 0 Å². The lowest BCUT2D eigenvalue weighted by Gasteiger charge is -2.22. The number of aromatic nitrogens is 4. The molecule has 0 aliphatic carbocycles. The van der Waals surface area contributed by atoms with Gasteiger partial charge in [-0.05, 0) is 18.2 Å². The molecule has 1 aromatic carbocycles. The van der Waals surface area contributed by atoms with Gasteiger partial charge in [0.25, 0.3) is 5.56 Å². The first kappa shape index (κ1) is 17.4. The lowest BCUT2D eigenvalue weighted by molar-refractivity contribution is -0.0915. The van der Waals surface area contributed by atoms with Crippen LogP contribution in [0.25, 0.3) is 16.7 Å². The summed E-state index contributed by atoms with van der Waals surface area (Å²) in [6.07, 6.45) is 2.92. The summed E-state index contributed by atoms with van der Waals surface area (Å²) in [5, 5.41) is 7.82. The van der Waals surface area contributed by atoms with Crippen molar-refractivity contribution >= 4 is 22.7 Å². The Labute approximate surface area is 153 Å². The predicted octanol–water partition coefficient (Wildman–Crippen LogP) is 1.67. The summed E-state index contributed by atoms with van der Waals surface area (Å²) in [4.78, 5) is 16.5. The predicted molar refractivity (Wildman–Crippen MR) is 97.9 cm³/mol. The number of methoxy groups -OCH3 is 2. The monoisotopic (exact) mass is 371 g/mol. The Balaban J connectivity index is 1.79. The van der Waals surface area contributed by atoms with Crippen LogP contribution in [0, 0.1) is 5.82 Å². The van der Waals surface area contributed by atoms with Gasteiger partial charge in [-0.1, -0.05) is 12.1 Å². The first-order valence-corrected chi connectivity index (χ1v) is 8.37. The van der Waals surface area contributed by atoms with Crippen molar-refractivity contribution in [3.05, 3.63) is 58.3 Å². The molecule has 9 heteroatoms. The molecule has 3 aromatic rings. The third kappa shape index (κ3) is 3.00. The second-order valence-corrected chi connectivity index (χ2v) is 6.03. The number of hydrogen-bond donors (Lipinski definition) is 1. The van der Waals surface area contributed by atoms with E-state index in [2.05, 4.69) is 15.4 Å². The lowest BCUT2D eigenvalue weighted by atomic mass is 10.1. The molecule has 4 rings (SSSR count). The summed E-state index contributed by atoms with van der Waals surface area (Å²) in [7, 11) is 3.07. The van der Waals surface area contributed by atoms with Crippen LogP contribution in [0.4, 0.5) is 10.3 Å². The number of benzene rings is 1. The van der Waals surface area contributed by atoms with E-state index in [0.717, 1.165) is 0 Å². The van der Waals surface area contributed by atoms with Crippen LogP contribution in [0.1, 0.15) is 5.56 Å². The Morgan fingerprint density at radius 1 is 1.33 bits per heavy atom. The number of halogens is 1. The SMILES string of the molecule is COC(CNc1nc(=O)c2cnn3c2n1CC=C3c1cccc(F)c1)OC. The van der Waals surface area contributed by atoms with Gasteiger partial charge in [0, 0.05) is 26.3 Å². The van der Waals surface area contributed by atoms with E-state index < -0.39 is 6.29 Å². The van der Waals surface area contributed by atoms with Gasteiger partial charge in [0.2, 0.25) is 5.95 Å². The van der Waals surface area contributed by atoms with Crippen LogP contribution >= 0.6 is 0 Å². The third-order valence-electron chi connectivity index (χ3n) is 4.46. The molecule has 2 aromatic heterocycles. The fourth-order valence-corrected chi connectivity index (χ4v) is 3.14. The zero-order valence-corrected chi connectivity index (χ0v) is 14.8. The number of nitrogens with zero attached hydrogens (tertiary/aromatic N) is 4. The van der Waals surface area contributed by atoms with Gasteiger partial charge in [0.15, 0.2) is 11.9 Å². The van der Waals surface area contributed by atoms with E-state index in [1.807, 2.05) is 10.6 Å². The topological polar surface area (TPSA) is 83.2 Å². The average Bonchev–Trinajstić information content (AvgIpc) is 3.12. The third-order valence-corrected chi connectivity index (χ3v) is 4.46. The minimum atomic E-state index is -0.475. The standard InChI is InChI=1S/C18H18FN5O3/c1-26-15(27-2)10-20-18-22-16(25)13-9-21-24-14(6-7-23(18)17(13)24)11-4-3-5-12(19)8-11/h3-6,8-9,15H,7,10H2,1-2H3,(H,20,22,25). The van der Waals surface area contributed by atoms with Gasteiger partial charge >= 0.3 is 0 Å². The van der Waals surface area contributed by atoms with E-state index in [1.54, 1.807) is 16.8 Å². The van der Waals surface area contributed by atoms with Gasteiger partial charge in [-0.15, -0.1) is 0 Å². The molecule has 140 valence electrons. The Morgan fingerprint density at radius 3 is 2.89 bits per heavy atom. The van der Waals surface area contributed by atoms with Crippen molar-refractivity contribution in [3.63, 3.8) is 0 Å². The quantitative estimate of drug-likeness (QED) is 0.664. The maximum absolute atomic E-state index is 13.7. The van der Waals surface area contributed by atoms with Gasteiger partial charge in [-0.3, -0.25) is 9.36 Å². The van der Waals surface area contributed by atoms with Gasteiger partial charge < -0.3 is 14.8 Å². The fourth-order valence-electron chi connectivity index (χ4n) is 3.14. The minimum Gasteiger partial charge on any atom is -0.354 e. The number of allylic oxidation sites excluding steroid dienone is 1. The summed E-state index contributed by atoms with van der Waals surface area (Å²) >= 11 is 0. The summed E-state index contributed by atoms with van der Waals surface area (Å²) in [5.74, 6) is 0.0601. The number of rotatable bonds is 6. The Hall–Kier alpha value is -3.04. The molecule has 1 N–H and O–H groups in total. The van der Waals surface area contributed by atoms with E-state index in [0.29, 0.717) is 41.3 Å². The Kier molecular flexibility index (Phi) is 4.46. The summed E-state index contributed by atoms with van der Waals surface area (Å²) < 4.78 is 27.4. The summed E-state index contributed by atoms with van der Waals surface area (Å²) in [5.41, 5.74) is 1.61. The van der Waals surface area contributed by atoms with Crippen LogP contribution in [0.2, 0.25) is 0 Å². The highest BCUT2D eigenvalue weighted by atomic mass is 19.1. The molecule has 0 amide bonds. The van der Waals surface area contributed by atoms with Crippen LogP contribution in [-0.2, 0) is 16.0 Å².